The second-order valence-electron chi connectivity index (χ2n) is 8.46. The van der Waals surface area contributed by atoms with E-state index in [1.807, 2.05) is 6.92 Å². The predicted molar refractivity (Wildman–Crippen MR) is 159 cm³/mol. The van der Waals surface area contributed by atoms with Crippen LogP contribution in [-0.2, 0) is 18.7 Å². The Labute approximate surface area is 255 Å². The van der Waals surface area contributed by atoms with Gasteiger partial charge in [-0.05, 0) is 52.6 Å². The largest absolute Gasteiger partial charge is 1.00 e. The topological polar surface area (TPSA) is 80.6 Å². The molecular weight excluding hydrogens is 513 g/mol. The first-order chi connectivity index (χ1) is 18.4. The van der Waals surface area contributed by atoms with Gasteiger partial charge in [-0.15, -0.1) is 0 Å². The van der Waals surface area contributed by atoms with Crippen LogP contribution in [0.2, 0.25) is 0 Å². The zero-order valence-corrected chi connectivity index (χ0v) is 26.4. The number of likely N-dealkylation sites (N-methyl/N-ethyl adjacent to an activating group) is 1. The first kappa shape index (κ1) is 45.7. The maximum absolute atomic E-state index is 12.7. The summed E-state index contributed by atoms with van der Waals surface area (Å²) in [4.78, 5) is 2.12. The van der Waals surface area contributed by atoms with Gasteiger partial charge in [0.05, 0.1) is 6.61 Å². The van der Waals surface area contributed by atoms with Crippen molar-refractivity contribution < 1.29 is 56.4 Å². The summed E-state index contributed by atoms with van der Waals surface area (Å²) in [7, 11) is 6.40. The van der Waals surface area contributed by atoms with E-state index >= 15 is 0 Å². The van der Waals surface area contributed by atoms with Gasteiger partial charge < -0.3 is 40.6 Å². The van der Waals surface area contributed by atoms with Crippen molar-refractivity contribution in [1.82, 2.24) is 4.90 Å². The van der Waals surface area contributed by atoms with Gasteiger partial charge in [0.1, 0.15) is 11.6 Å². The van der Waals surface area contributed by atoms with Crippen LogP contribution in [0, 0.1) is 32.4 Å². The van der Waals surface area contributed by atoms with E-state index in [0.717, 1.165) is 43.7 Å². The number of hydrogen-bond donors (Lipinski definition) is 2. The Morgan fingerprint density at radius 3 is 1.60 bits per heavy atom. The third-order valence-corrected chi connectivity index (χ3v) is 4.40. The number of aryl methyl sites for hydroxylation is 2. The Balaban J connectivity index is -0.000000207. The van der Waals surface area contributed by atoms with E-state index < -0.39 is 20.3 Å². The zero-order valence-electron chi connectivity index (χ0n) is 26.4. The number of nitrogens with zero attached hydrogens (tertiary/aromatic N) is 1. The first-order valence-corrected chi connectivity index (χ1v) is 12.9. The van der Waals surface area contributed by atoms with Crippen LogP contribution in [0.25, 0.3) is 0 Å². The van der Waals surface area contributed by atoms with E-state index in [0.29, 0.717) is 0 Å². The molecule has 0 heterocycles. The second-order valence-corrected chi connectivity index (χ2v) is 8.46. The molecule has 40 heavy (non-hydrogen) atoms. The molecule has 2 aromatic carbocycles. The quantitative estimate of drug-likeness (QED) is 0.258. The van der Waals surface area contributed by atoms with Crippen LogP contribution in [-0.4, -0.2) is 84.6 Å². The van der Waals surface area contributed by atoms with Crippen LogP contribution < -0.4 is 24.3 Å². The summed E-state index contributed by atoms with van der Waals surface area (Å²) in [6, 6.07) is 10.6. The molecule has 12 heteroatoms. The molecule has 0 saturated carbocycles. The van der Waals surface area contributed by atoms with Gasteiger partial charge in [-0.3, -0.25) is 0 Å². The molecule has 2 rings (SSSR count). The first-order valence-electron chi connectivity index (χ1n) is 12.9. The smallest absolute Gasteiger partial charge is 0.423 e. The van der Waals surface area contributed by atoms with Gasteiger partial charge in [0.25, 0.3) is 0 Å². The van der Waals surface area contributed by atoms with Crippen molar-refractivity contribution in [3.05, 3.63) is 72.1 Å². The Hall–Kier alpha value is -1.25. The van der Waals surface area contributed by atoms with Gasteiger partial charge in [-0.2, -0.15) is 6.42 Å². The molecule has 0 aromatic heterocycles. The molecule has 0 amide bonds. The van der Waals surface area contributed by atoms with Crippen molar-refractivity contribution in [1.29, 1.82) is 0 Å². The molecule has 0 aliphatic heterocycles. The Kier molecular flexibility index (Phi) is 36.9. The van der Waals surface area contributed by atoms with Gasteiger partial charge in [0.2, 0.25) is 0 Å². The molecule has 2 aromatic rings. The number of benzene rings is 2. The predicted octanol–water partition coefficient (Wildman–Crippen LogP) is 1.46. The van der Waals surface area contributed by atoms with Crippen molar-refractivity contribution in [3.8, 4) is 0 Å². The van der Waals surface area contributed by atoms with Crippen molar-refractivity contribution >= 4 is 19.9 Å². The summed E-state index contributed by atoms with van der Waals surface area (Å²) < 4.78 is 43.9. The minimum absolute atomic E-state index is 0. The number of rotatable bonds is 10. The molecule has 0 unspecified atom stereocenters. The normalized spacial score (nSPS) is 9.28. The Bertz CT molecular complexity index is 761. The Morgan fingerprint density at radius 2 is 1.30 bits per heavy atom. The second kappa shape index (κ2) is 32.3. The van der Waals surface area contributed by atoms with Crippen LogP contribution in [0.3, 0.4) is 0 Å². The average Bonchev–Trinajstić information content (AvgIpc) is 2.92. The fourth-order valence-corrected chi connectivity index (χ4v) is 2.18. The Morgan fingerprint density at radius 1 is 0.825 bits per heavy atom. The maximum atomic E-state index is 12.7. The SMILES string of the molecule is CCCOCCN(C)C.COB(OC)OC.Cc1ccc(F)c(B(O)O)c1.Cc1ccc(F)cc1.[CH2-]CCC.[Li+]. The molecule has 0 fully saturated rings. The monoisotopic (exact) mass is 563 g/mol. The van der Waals surface area contributed by atoms with Crippen LogP contribution in [0.5, 0.6) is 0 Å². The van der Waals surface area contributed by atoms with Crippen LogP contribution >= 0.6 is 0 Å². The summed E-state index contributed by atoms with van der Waals surface area (Å²) in [5.74, 6) is -0.763. The fraction of sp³-hybridized carbons (Fsp3) is 0.536. The number of hydrogen-bond acceptors (Lipinski definition) is 7. The molecule has 224 valence electrons. The molecule has 0 spiro atoms. The molecule has 7 nitrogen and oxygen atoms in total. The average molecular weight is 563 g/mol. The van der Waals surface area contributed by atoms with Crippen molar-refractivity contribution in [2.45, 2.75) is 47.0 Å². The summed E-state index contributed by atoms with van der Waals surface area (Å²) in [6.45, 7) is 14.3. The maximum Gasteiger partial charge on any atom is 1.00 e. The molecule has 0 aliphatic carbocycles. The molecule has 0 radical (unpaired) electrons. The van der Waals surface area contributed by atoms with E-state index in [9.17, 15) is 8.78 Å². The molecular formula is C28H50B2F2LiNO6. The minimum Gasteiger partial charge on any atom is -0.423 e. The number of ether oxygens (including phenoxy) is 1. The molecule has 0 saturated heterocycles. The summed E-state index contributed by atoms with van der Waals surface area (Å²) in [5.41, 5.74) is 1.81. The van der Waals surface area contributed by atoms with Gasteiger partial charge in [-0.25, -0.2) is 8.78 Å². The van der Waals surface area contributed by atoms with E-state index in [4.69, 9.17) is 14.8 Å². The number of unbranched alkanes of at least 4 members (excludes halogenated alkanes) is 1. The summed E-state index contributed by atoms with van der Waals surface area (Å²) >= 11 is 0. The van der Waals surface area contributed by atoms with E-state index in [1.54, 1.807) is 25.1 Å². The van der Waals surface area contributed by atoms with Crippen molar-refractivity contribution in [3.63, 3.8) is 0 Å². The minimum atomic E-state index is -1.73. The van der Waals surface area contributed by atoms with Gasteiger partial charge in [-0.1, -0.05) is 55.7 Å². The molecule has 0 atom stereocenters. The van der Waals surface area contributed by atoms with Gasteiger partial charge >= 0.3 is 33.3 Å². The zero-order chi connectivity index (χ0) is 30.6. The third-order valence-electron chi connectivity index (χ3n) is 4.40. The van der Waals surface area contributed by atoms with Gasteiger partial charge in [0, 0.05) is 39.9 Å². The van der Waals surface area contributed by atoms with Crippen LogP contribution in [0.4, 0.5) is 8.78 Å². The third kappa shape index (κ3) is 31.3. The molecule has 0 aliphatic rings. The summed E-state index contributed by atoms with van der Waals surface area (Å²) in [5, 5.41) is 17.3. The van der Waals surface area contributed by atoms with Gasteiger partial charge in [0.15, 0.2) is 0 Å². The number of halogens is 2. The van der Waals surface area contributed by atoms with Crippen LogP contribution in [0.15, 0.2) is 42.5 Å². The summed E-state index contributed by atoms with van der Waals surface area (Å²) in [6.07, 6.45) is 3.40. The van der Waals surface area contributed by atoms with E-state index in [-0.39, 0.29) is 30.1 Å². The van der Waals surface area contributed by atoms with Crippen molar-refractivity contribution in [2.24, 2.45) is 0 Å². The van der Waals surface area contributed by atoms with E-state index in [1.165, 1.54) is 52.0 Å². The fourth-order valence-electron chi connectivity index (χ4n) is 2.18. The molecule has 0 bridgehead atoms. The van der Waals surface area contributed by atoms with Crippen LogP contribution in [0.1, 0.15) is 44.2 Å². The standard InChI is InChI=1S/C7H8BFO2.C7H7F.C7H17NO.C4H9.C3H9BO3.Li/c1-5-2-3-7(9)6(4-5)8(10)11;1-6-2-4-7(8)5-3-6;1-4-6-9-7-5-8(2)3;1-3-4-2;1-5-4(6-2)7-3;/h2-4,10-11H,1H3;2-5H,1H3;4-7H2,1-3H3;1,3-4H2,2H3;1-3H3;/q;;;-1;;+1. The van der Waals surface area contributed by atoms with E-state index in [2.05, 4.69) is 53.7 Å². The van der Waals surface area contributed by atoms with Crippen molar-refractivity contribution in [2.75, 3.05) is 55.2 Å². The molecule has 2 N–H and O–H groups in total.